The summed E-state index contributed by atoms with van der Waals surface area (Å²) >= 11 is 0. The average Bonchev–Trinajstić information content (AvgIpc) is 3.51. The average molecular weight is 547 g/mol. The number of benzene rings is 1. The van der Waals surface area contributed by atoms with Crippen molar-refractivity contribution < 1.29 is 24.2 Å². The van der Waals surface area contributed by atoms with Crippen molar-refractivity contribution in [2.75, 3.05) is 11.9 Å². The zero-order chi connectivity index (χ0) is 28.6. The first-order chi connectivity index (χ1) is 19.0. The number of aryl methyl sites for hydroxylation is 1. The largest absolute Gasteiger partial charge is 0.490 e. The zero-order valence-electron chi connectivity index (χ0n) is 23.4. The van der Waals surface area contributed by atoms with E-state index in [1.807, 2.05) is 44.8 Å². The van der Waals surface area contributed by atoms with Gasteiger partial charge in [0.25, 0.3) is 0 Å². The van der Waals surface area contributed by atoms with Gasteiger partial charge in [0, 0.05) is 43.5 Å². The second-order valence-electron chi connectivity index (χ2n) is 11.2. The smallest absolute Gasteiger partial charge is 0.415 e. The number of rotatable bonds is 6. The summed E-state index contributed by atoms with van der Waals surface area (Å²) in [6.07, 6.45) is 8.19. The molecule has 1 saturated carbocycles. The highest BCUT2D eigenvalue weighted by Gasteiger charge is 2.28. The Morgan fingerprint density at radius 3 is 2.50 bits per heavy atom. The van der Waals surface area contributed by atoms with Gasteiger partial charge in [-0.25, -0.2) is 14.6 Å². The Bertz CT molecular complexity index is 1540. The molecule has 1 N–H and O–H groups in total. The van der Waals surface area contributed by atoms with Crippen LogP contribution in [0.4, 0.5) is 10.6 Å². The van der Waals surface area contributed by atoms with Crippen molar-refractivity contribution >= 4 is 28.8 Å². The second-order valence-corrected chi connectivity index (χ2v) is 11.2. The minimum Gasteiger partial charge on any atom is -0.490 e. The van der Waals surface area contributed by atoms with Crippen LogP contribution in [0.3, 0.4) is 0 Å². The Hall–Kier alpha value is -4.41. The number of aromatic nitrogens is 5. The molecule has 0 radical (unpaired) electrons. The number of anilines is 1. The Labute approximate surface area is 232 Å². The molecule has 0 spiro atoms. The lowest BCUT2D eigenvalue weighted by atomic mass is 9.93. The number of carboxylic acids is 1. The Kier molecular flexibility index (Phi) is 7.22. The van der Waals surface area contributed by atoms with Crippen molar-refractivity contribution in [1.29, 1.82) is 0 Å². The molecule has 3 heterocycles. The van der Waals surface area contributed by atoms with Gasteiger partial charge in [0.2, 0.25) is 0 Å². The van der Waals surface area contributed by atoms with Crippen molar-refractivity contribution in [2.24, 2.45) is 7.05 Å². The number of hydrogen-bond acceptors (Lipinski definition) is 7. The number of ether oxygens (including phenoxy) is 2. The normalized spacial score (nSPS) is 17.5. The summed E-state index contributed by atoms with van der Waals surface area (Å²) in [7, 11) is 3.51. The van der Waals surface area contributed by atoms with E-state index in [1.54, 1.807) is 48.4 Å². The van der Waals surface area contributed by atoms with E-state index >= 15 is 0 Å². The maximum absolute atomic E-state index is 12.7. The minimum atomic E-state index is -0.977. The molecule has 11 heteroatoms. The van der Waals surface area contributed by atoms with E-state index in [1.165, 1.54) is 4.90 Å². The van der Waals surface area contributed by atoms with Crippen LogP contribution in [-0.2, 0) is 11.8 Å². The van der Waals surface area contributed by atoms with E-state index in [4.69, 9.17) is 14.6 Å². The number of pyridine rings is 1. The molecule has 3 aromatic heterocycles. The van der Waals surface area contributed by atoms with E-state index in [0.717, 1.165) is 47.8 Å². The highest BCUT2D eigenvalue weighted by atomic mass is 16.6. The molecule has 40 heavy (non-hydrogen) atoms. The monoisotopic (exact) mass is 546 g/mol. The number of carbonyl (C=O) groups is 2. The molecule has 4 aromatic rings. The third-order valence-corrected chi connectivity index (χ3v) is 6.94. The van der Waals surface area contributed by atoms with Crippen LogP contribution in [0.5, 0.6) is 5.75 Å². The standard InChI is InChI=1S/C29H34N6O5/c1-29(2,3)40-28(38)34(5)25-14-24-23(16-30-25)26(19-15-31-33(4)17-19)32-35(24)20-9-11-21(12-10-20)39-22-8-6-7-18(13-22)27(36)37/h6-8,13-17,20-21H,9-12H2,1-5H3,(H,36,37)/t20-,21+. The number of nitrogens with zero attached hydrogens (tertiary/aromatic N) is 6. The first-order valence-electron chi connectivity index (χ1n) is 13.3. The number of hydrogen-bond donors (Lipinski definition) is 1. The van der Waals surface area contributed by atoms with Crippen LogP contribution in [0, 0.1) is 0 Å². The maximum atomic E-state index is 12.7. The van der Waals surface area contributed by atoms with Gasteiger partial charge in [-0.15, -0.1) is 0 Å². The molecule has 1 aliphatic carbocycles. The summed E-state index contributed by atoms with van der Waals surface area (Å²) in [6.45, 7) is 5.48. The highest BCUT2D eigenvalue weighted by molar-refractivity contribution is 5.96. The van der Waals surface area contributed by atoms with Crippen LogP contribution in [0.25, 0.3) is 22.2 Å². The van der Waals surface area contributed by atoms with E-state index in [-0.39, 0.29) is 17.7 Å². The molecule has 1 aliphatic rings. The third kappa shape index (κ3) is 5.78. The minimum absolute atomic E-state index is 0.0181. The van der Waals surface area contributed by atoms with Gasteiger partial charge < -0.3 is 14.6 Å². The van der Waals surface area contributed by atoms with Gasteiger partial charge in [-0.1, -0.05) is 6.07 Å². The van der Waals surface area contributed by atoms with Crippen molar-refractivity contribution in [2.45, 2.75) is 64.2 Å². The predicted molar refractivity (Wildman–Crippen MR) is 150 cm³/mol. The predicted octanol–water partition coefficient (Wildman–Crippen LogP) is 5.46. The number of aromatic carboxylic acids is 1. The van der Waals surface area contributed by atoms with E-state index < -0.39 is 17.7 Å². The lowest BCUT2D eigenvalue weighted by molar-refractivity contribution is 0.0587. The Morgan fingerprint density at radius 2 is 1.85 bits per heavy atom. The molecule has 11 nitrogen and oxygen atoms in total. The molecule has 210 valence electrons. The fourth-order valence-corrected chi connectivity index (χ4v) is 4.97. The van der Waals surface area contributed by atoms with Gasteiger partial charge in [-0.2, -0.15) is 10.2 Å². The molecular formula is C29H34N6O5. The van der Waals surface area contributed by atoms with E-state index in [0.29, 0.717) is 11.6 Å². The van der Waals surface area contributed by atoms with Crippen LogP contribution in [0.1, 0.15) is 62.9 Å². The van der Waals surface area contributed by atoms with Gasteiger partial charge in [-0.05, 0) is 64.7 Å². The van der Waals surface area contributed by atoms with Crippen LogP contribution in [0.2, 0.25) is 0 Å². The van der Waals surface area contributed by atoms with E-state index in [9.17, 15) is 14.7 Å². The summed E-state index contributed by atoms with van der Waals surface area (Å²) < 4.78 is 15.4. The molecule has 0 unspecified atom stereocenters. The van der Waals surface area contributed by atoms with Gasteiger partial charge in [0.15, 0.2) is 0 Å². The second kappa shape index (κ2) is 10.6. The first kappa shape index (κ1) is 27.2. The lowest BCUT2D eigenvalue weighted by Crippen LogP contribution is -2.34. The van der Waals surface area contributed by atoms with Gasteiger partial charge >= 0.3 is 12.1 Å². The topological polar surface area (TPSA) is 125 Å². The number of carboxylic acid groups (broad SMARTS) is 1. The SMILES string of the molecule is CN(C(=O)OC(C)(C)C)c1cc2c(cn1)c(-c1cnn(C)c1)nn2[C@H]1CC[C@@H](Oc2cccc(C(=O)O)c2)CC1. The van der Waals surface area contributed by atoms with Gasteiger partial charge in [0.1, 0.15) is 22.9 Å². The molecule has 5 rings (SSSR count). The van der Waals surface area contributed by atoms with Crippen molar-refractivity contribution in [3.8, 4) is 17.0 Å². The van der Waals surface area contributed by atoms with Gasteiger partial charge in [-0.3, -0.25) is 14.3 Å². The third-order valence-electron chi connectivity index (χ3n) is 6.94. The molecule has 1 fully saturated rings. The fourth-order valence-electron chi connectivity index (χ4n) is 4.97. The molecule has 1 aromatic carbocycles. The molecule has 1 amide bonds. The van der Waals surface area contributed by atoms with E-state index in [2.05, 4.69) is 10.1 Å². The molecule has 0 aliphatic heterocycles. The van der Waals surface area contributed by atoms with Gasteiger partial charge in [0.05, 0.1) is 29.4 Å². The molecular weight excluding hydrogens is 512 g/mol. The zero-order valence-corrected chi connectivity index (χ0v) is 23.4. The van der Waals surface area contributed by atoms with Crippen molar-refractivity contribution in [3.05, 3.63) is 54.5 Å². The van der Waals surface area contributed by atoms with Crippen LogP contribution < -0.4 is 9.64 Å². The Balaban J connectivity index is 1.41. The lowest BCUT2D eigenvalue weighted by Gasteiger charge is -2.29. The maximum Gasteiger partial charge on any atom is 0.415 e. The van der Waals surface area contributed by atoms with Crippen LogP contribution in [0.15, 0.2) is 48.9 Å². The Morgan fingerprint density at radius 1 is 1.10 bits per heavy atom. The molecule has 0 saturated heterocycles. The van der Waals surface area contributed by atoms with Crippen LogP contribution >= 0.6 is 0 Å². The number of carbonyl (C=O) groups excluding carboxylic acids is 1. The first-order valence-corrected chi connectivity index (χ1v) is 13.3. The van der Waals surface area contributed by atoms with Crippen molar-refractivity contribution in [3.63, 3.8) is 0 Å². The fraction of sp³-hybridized carbons (Fsp3) is 0.414. The summed E-state index contributed by atoms with van der Waals surface area (Å²) in [5.74, 6) is 0.0546. The summed E-state index contributed by atoms with van der Waals surface area (Å²) in [6, 6.07) is 8.59. The summed E-state index contributed by atoms with van der Waals surface area (Å²) in [4.78, 5) is 30.0. The van der Waals surface area contributed by atoms with Crippen molar-refractivity contribution in [1.82, 2.24) is 24.5 Å². The molecule has 0 atom stereocenters. The quantitative estimate of drug-likeness (QED) is 0.338. The highest BCUT2D eigenvalue weighted by Crippen LogP contribution is 2.37. The summed E-state index contributed by atoms with van der Waals surface area (Å²) in [5, 5.41) is 19.5. The van der Waals surface area contributed by atoms with Crippen LogP contribution in [-0.4, -0.2) is 60.5 Å². The number of fused-ring (bicyclic) bond motifs is 1. The summed E-state index contributed by atoms with van der Waals surface area (Å²) in [5.41, 5.74) is 2.12. The number of amides is 1. The molecule has 0 bridgehead atoms.